The van der Waals surface area contributed by atoms with Crippen LogP contribution in [-0.2, 0) is 17.5 Å². The molecule has 0 bridgehead atoms. The average Bonchev–Trinajstić information content (AvgIpc) is 3.10. The van der Waals surface area contributed by atoms with Gasteiger partial charge in [-0.15, -0.1) is 0 Å². The van der Waals surface area contributed by atoms with E-state index in [1.54, 1.807) is 0 Å². The topological polar surface area (TPSA) is 64.0 Å². The molecular weight excluding hydrogens is 514 g/mol. The maximum Gasteiger partial charge on any atom is 0.432 e. The highest BCUT2D eigenvalue weighted by Crippen LogP contribution is 2.39. The van der Waals surface area contributed by atoms with Crippen molar-refractivity contribution in [2.24, 2.45) is 0 Å². The molecule has 1 amide bonds. The van der Waals surface area contributed by atoms with Crippen LogP contribution in [0.3, 0.4) is 0 Å². The second-order valence-corrected chi connectivity index (χ2v) is 8.44. The molecule has 2 aromatic heterocycles. The summed E-state index contributed by atoms with van der Waals surface area (Å²) in [5.41, 5.74) is -1.43. The monoisotopic (exact) mass is 525 g/mol. The number of carbonyl (C=O) groups is 2. The van der Waals surface area contributed by atoms with Crippen LogP contribution in [0.4, 0.5) is 18.9 Å². The predicted octanol–water partition coefficient (Wildman–Crippen LogP) is 6.89. The highest BCUT2D eigenvalue weighted by Gasteiger charge is 2.42. The van der Waals surface area contributed by atoms with Gasteiger partial charge in [-0.1, -0.05) is 59.1 Å². The van der Waals surface area contributed by atoms with Crippen molar-refractivity contribution in [3.8, 4) is 0 Å². The lowest BCUT2D eigenvalue weighted by atomic mass is 10.1. The van der Waals surface area contributed by atoms with E-state index in [1.807, 2.05) is 0 Å². The molecule has 4 aromatic rings. The van der Waals surface area contributed by atoms with Crippen LogP contribution in [0.1, 0.15) is 21.6 Å². The Kier molecular flexibility index (Phi) is 6.58. The van der Waals surface area contributed by atoms with Crippen molar-refractivity contribution < 1.29 is 22.8 Å². The van der Waals surface area contributed by atoms with Crippen LogP contribution >= 0.6 is 34.8 Å². The van der Waals surface area contributed by atoms with Gasteiger partial charge >= 0.3 is 6.18 Å². The minimum Gasteiger partial charge on any atom is -0.332 e. The fourth-order valence-electron chi connectivity index (χ4n) is 3.59. The van der Waals surface area contributed by atoms with E-state index in [1.165, 1.54) is 60.8 Å². The standard InChI is InChI=1S/C23H13Cl3F3N3O2/c24-13-6-5-12(16(25)9-13)11-32-17-4-2-1-3-15(17)19(21(32)23(27,28)29)20(33)22(34)31-14-7-8-30-18(26)10-14/h1-10H,11H2,(H,30,31,34). The molecule has 4 rings (SSSR count). The molecule has 0 spiro atoms. The van der Waals surface area contributed by atoms with Crippen molar-refractivity contribution in [2.75, 3.05) is 5.32 Å². The smallest absolute Gasteiger partial charge is 0.332 e. The van der Waals surface area contributed by atoms with Crippen LogP contribution in [0.25, 0.3) is 10.9 Å². The molecule has 2 heterocycles. The largest absolute Gasteiger partial charge is 0.432 e. The first-order valence-electron chi connectivity index (χ1n) is 9.66. The Labute approximate surface area is 206 Å². The zero-order chi connectivity index (χ0) is 24.6. The second kappa shape index (κ2) is 9.29. The van der Waals surface area contributed by atoms with E-state index in [0.717, 1.165) is 4.57 Å². The summed E-state index contributed by atoms with van der Waals surface area (Å²) in [5, 5.41) is 2.78. The number of anilines is 1. The number of rotatable bonds is 5. The van der Waals surface area contributed by atoms with Crippen molar-refractivity contribution >= 4 is 63.1 Å². The van der Waals surface area contributed by atoms with Crippen LogP contribution in [0.15, 0.2) is 60.8 Å². The number of fused-ring (bicyclic) bond motifs is 1. The van der Waals surface area contributed by atoms with Crippen LogP contribution in [0, 0.1) is 0 Å². The Bertz CT molecular complexity index is 1430. The molecule has 0 aliphatic heterocycles. The zero-order valence-electron chi connectivity index (χ0n) is 17.0. The number of pyridine rings is 1. The van der Waals surface area contributed by atoms with Gasteiger partial charge < -0.3 is 9.88 Å². The summed E-state index contributed by atoms with van der Waals surface area (Å²) >= 11 is 17.9. The highest BCUT2D eigenvalue weighted by molar-refractivity contribution is 6.48. The van der Waals surface area contributed by atoms with Crippen LogP contribution in [-0.4, -0.2) is 21.2 Å². The number of nitrogens with one attached hydrogen (secondary N) is 1. The van der Waals surface area contributed by atoms with Crippen LogP contribution < -0.4 is 5.32 Å². The highest BCUT2D eigenvalue weighted by atomic mass is 35.5. The SMILES string of the molecule is O=C(Nc1ccnc(Cl)c1)C(=O)c1c(C(F)(F)F)n(Cc2ccc(Cl)cc2Cl)c2ccccc12. The van der Waals surface area contributed by atoms with E-state index in [-0.39, 0.29) is 33.3 Å². The number of ketones is 1. The molecule has 0 fully saturated rings. The molecule has 0 saturated heterocycles. The molecule has 0 saturated carbocycles. The van der Waals surface area contributed by atoms with Crippen molar-refractivity contribution in [3.05, 3.63) is 92.8 Å². The molecule has 0 aliphatic rings. The van der Waals surface area contributed by atoms with E-state index in [0.29, 0.717) is 10.6 Å². The Morgan fingerprint density at radius 2 is 1.74 bits per heavy atom. The van der Waals surface area contributed by atoms with Gasteiger partial charge in [0.25, 0.3) is 11.7 Å². The van der Waals surface area contributed by atoms with Crippen molar-refractivity contribution in [1.29, 1.82) is 0 Å². The summed E-state index contributed by atoms with van der Waals surface area (Å²) in [4.78, 5) is 29.5. The molecule has 0 atom stereocenters. The van der Waals surface area contributed by atoms with Gasteiger partial charge in [-0.05, 0) is 35.9 Å². The first kappa shape index (κ1) is 24.1. The molecule has 1 N–H and O–H groups in total. The lowest BCUT2D eigenvalue weighted by molar-refractivity contribution is -0.143. The Hall–Kier alpha value is -3.07. The van der Waals surface area contributed by atoms with Gasteiger partial charge in [-0.2, -0.15) is 13.2 Å². The quantitative estimate of drug-likeness (QED) is 0.175. The van der Waals surface area contributed by atoms with E-state index in [4.69, 9.17) is 34.8 Å². The lowest BCUT2D eigenvalue weighted by Crippen LogP contribution is -2.26. The molecule has 2 aromatic carbocycles. The third kappa shape index (κ3) is 4.75. The Balaban J connectivity index is 1.86. The van der Waals surface area contributed by atoms with Crippen molar-refractivity contribution in [3.63, 3.8) is 0 Å². The first-order valence-corrected chi connectivity index (χ1v) is 10.8. The van der Waals surface area contributed by atoms with Gasteiger partial charge in [0, 0.05) is 39.4 Å². The maximum atomic E-state index is 14.3. The molecule has 0 aliphatic carbocycles. The minimum atomic E-state index is -4.96. The first-order chi connectivity index (χ1) is 16.1. The number of alkyl halides is 3. The van der Waals surface area contributed by atoms with Gasteiger partial charge in [0.05, 0.1) is 5.56 Å². The van der Waals surface area contributed by atoms with E-state index in [2.05, 4.69) is 10.3 Å². The summed E-state index contributed by atoms with van der Waals surface area (Å²) in [6.07, 6.45) is -3.67. The van der Waals surface area contributed by atoms with Gasteiger partial charge in [0.1, 0.15) is 10.8 Å². The molecule has 174 valence electrons. The van der Waals surface area contributed by atoms with E-state index >= 15 is 0 Å². The summed E-state index contributed by atoms with van der Waals surface area (Å²) in [6.45, 7) is -0.305. The number of aromatic nitrogens is 2. The second-order valence-electron chi connectivity index (χ2n) is 7.21. The Morgan fingerprint density at radius 1 is 1.00 bits per heavy atom. The number of hydrogen-bond donors (Lipinski definition) is 1. The number of hydrogen-bond acceptors (Lipinski definition) is 3. The molecular formula is C23H13Cl3F3N3O2. The fourth-order valence-corrected chi connectivity index (χ4v) is 4.24. The number of carbonyl (C=O) groups excluding carboxylic acids is 2. The predicted molar refractivity (Wildman–Crippen MR) is 125 cm³/mol. The average molecular weight is 527 g/mol. The van der Waals surface area contributed by atoms with Crippen molar-refractivity contribution in [2.45, 2.75) is 12.7 Å². The van der Waals surface area contributed by atoms with E-state index < -0.39 is 29.1 Å². The normalized spacial score (nSPS) is 11.6. The zero-order valence-corrected chi connectivity index (χ0v) is 19.2. The van der Waals surface area contributed by atoms with Crippen molar-refractivity contribution in [1.82, 2.24) is 9.55 Å². The molecule has 0 unspecified atom stereocenters. The molecule has 34 heavy (non-hydrogen) atoms. The minimum absolute atomic E-state index is 0.0205. The summed E-state index contributed by atoms with van der Waals surface area (Å²) in [6, 6.07) is 12.9. The van der Waals surface area contributed by atoms with Gasteiger partial charge in [-0.25, -0.2) is 4.98 Å². The third-order valence-electron chi connectivity index (χ3n) is 5.00. The van der Waals surface area contributed by atoms with Gasteiger partial charge in [0.15, 0.2) is 0 Å². The lowest BCUT2D eigenvalue weighted by Gasteiger charge is -2.15. The van der Waals surface area contributed by atoms with Gasteiger partial charge in [0.2, 0.25) is 0 Å². The van der Waals surface area contributed by atoms with Crippen LogP contribution in [0.2, 0.25) is 15.2 Å². The number of para-hydroxylation sites is 1. The molecule has 5 nitrogen and oxygen atoms in total. The molecule has 11 heteroatoms. The van der Waals surface area contributed by atoms with E-state index in [9.17, 15) is 22.8 Å². The Morgan fingerprint density at radius 3 is 2.41 bits per heavy atom. The number of benzene rings is 2. The number of amides is 1. The number of nitrogens with zero attached hydrogens (tertiary/aromatic N) is 2. The van der Waals surface area contributed by atoms with Crippen LogP contribution in [0.5, 0.6) is 0 Å². The number of halogens is 6. The molecule has 0 radical (unpaired) electrons. The summed E-state index contributed by atoms with van der Waals surface area (Å²) < 4.78 is 43.9. The number of Topliss-reactive ketones (excluding diaryl/α,β-unsaturated/α-hetero) is 1. The third-order valence-corrected chi connectivity index (χ3v) is 5.79. The maximum absolute atomic E-state index is 14.3. The fraction of sp³-hybridized carbons (Fsp3) is 0.0870. The summed E-state index contributed by atoms with van der Waals surface area (Å²) in [5.74, 6) is -2.60. The van der Waals surface area contributed by atoms with Gasteiger partial charge in [-0.3, -0.25) is 9.59 Å². The summed E-state index contributed by atoms with van der Waals surface area (Å²) in [7, 11) is 0.